The van der Waals surface area contributed by atoms with Crippen molar-refractivity contribution in [3.8, 4) is 0 Å². The molecule has 1 aromatic rings. The second kappa shape index (κ2) is 6.36. The number of rotatable bonds is 1. The molecule has 4 nitrogen and oxygen atoms in total. The van der Waals surface area contributed by atoms with Gasteiger partial charge in [-0.1, -0.05) is 0 Å². The molecule has 1 aromatic carbocycles. The molecular weight excluding hydrogens is 324 g/mol. The van der Waals surface area contributed by atoms with Crippen molar-refractivity contribution < 1.29 is 9.18 Å². The highest BCUT2D eigenvalue weighted by molar-refractivity contribution is 9.10. The van der Waals surface area contributed by atoms with Gasteiger partial charge in [-0.25, -0.2) is 9.18 Å². The summed E-state index contributed by atoms with van der Waals surface area (Å²) in [5.41, 5.74) is 6.15. The van der Waals surface area contributed by atoms with E-state index in [1.807, 2.05) is 0 Å². The average Bonchev–Trinajstić information content (AvgIpc) is 2.70. The van der Waals surface area contributed by atoms with Crippen LogP contribution in [-0.4, -0.2) is 30.1 Å². The van der Waals surface area contributed by atoms with Crippen molar-refractivity contribution in [1.82, 2.24) is 4.90 Å². The van der Waals surface area contributed by atoms with Gasteiger partial charge in [0.1, 0.15) is 5.82 Å². The maximum atomic E-state index is 13.2. The SMILES string of the molecule is Cl.NC1CCN(C(=O)Nc2ccc(Br)c(F)c2)C1. The van der Waals surface area contributed by atoms with Gasteiger partial charge < -0.3 is 16.0 Å². The van der Waals surface area contributed by atoms with E-state index in [-0.39, 0.29) is 24.5 Å². The van der Waals surface area contributed by atoms with Crippen LogP contribution in [0.2, 0.25) is 0 Å². The third-order valence-corrected chi connectivity index (χ3v) is 3.33. The maximum absolute atomic E-state index is 13.2. The maximum Gasteiger partial charge on any atom is 0.321 e. The molecule has 0 bridgehead atoms. The van der Waals surface area contributed by atoms with Gasteiger partial charge in [-0.15, -0.1) is 12.4 Å². The van der Waals surface area contributed by atoms with Gasteiger partial charge in [0.2, 0.25) is 0 Å². The van der Waals surface area contributed by atoms with Crippen LogP contribution in [0, 0.1) is 5.82 Å². The Morgan fingerprint density at radius 3 is 2.83 bits per heavy atom. The number of urea groups is 1. The van der Waals surface area contributed by atoms with Crippen molar-refractivity contribution >= 4 is 40.1 Å². The third kappa shape index (κ3) is 3.57. The lowest BCUT2D eigenvalue weighted by molar-refractivity contribution is 0.222. The molecule has 0 aromatic heterocycles. The smallest absolute Gasteiger partial charge is 0.321 e. The van der Waals surface area contributed by atoms with Crippen LogP contribution in [0.15, 0.2) is 22.7 Å². The van der Waals surface area contributed by atoms with Gasteiger partial charge in [-0.05, 0) is 40.5 Å². The van der Waals surface area contributed by atoms with Crippen LogP contribution in [0.1, 0.15) is 6.42 Å². The predicted molar refractivity (Wildman–Crippen MR) is 74.5 cm³/mol. The quantitative estimate of drug-likeness (QED) is 0.827. The lowest BCUT2D eigenvalue weighted by Gasteiger charge is -2.16. The number of nitrogens with two attached hydrogens (primary N) is 1. The summed E-state index contributed by atoms with van der Waals surface area (Å²) in [6.45, 7) is 1.19. The number of amides is 2. The Hall–Kier alpha value is -0.850. The minimum atomic E-state index is -0.402. The zero-order valence-electron chi connectivity index (χ0n) is 9.53. The lowest BCUT2D eigenvalue weighted by Crippen LogP contribution is -2.35. The molecule has 0 saturated carbocycles. The lowest BCUT2D eigenvalue weighted by atomic mass is 10.3. The Balaban J connectivity index is 0.00000162. The van der Waals surface area contributed by atoms with Crippen molar-refractivity contribution in [3.05, 3.63) is 28.5 Å². The molecule has 1 aliphatic heterocycles. The molecule has 2 amide bonds. The molecule has 3 N–H and O–H groups in total. The van der Waals surface area contributed by atoms with E-state index >= 15 is 0 Å². The molecule has 1 unspecified atom stereocenters. The van der Waals surface area contributed by atoms with Crippen LogP contribution in [-0.2, 0) is 0 Å². The van der Waals surface area contributed by atoms with Gasteiger partial charge in [0.05, 0.1) is 4.47 Å². The average molecular weight is 339 g/mol. The molecular formula is C11H14BrClFN3O. The molecule has 0 spiro atoms. The van der Waals surface area contributed by atoms with Crippen LogP contribution in [0.4, 0.5) is 14.9 Å². The predicted octanol–water partition coefficient (Wildman–Crippen LogP) is 2.57. The second-order valence-corrected chi connectivity index (χ2v) is 4.91. The largest absolute Gasteiger partial charge is 0.326 e. The van der Waals surface area contributed by atoms with E-state index in [0.29, 0.717) is 23.2 Å². The topological polar surface area (TPSA) is 58.4 Å². The van der Waals surface area contributed by atoms with Crippen molar-refractivity contribution in [1.29, 1.82) is 0 Å². The zero-order chi connectivity index (χ0) is 12.4. The van der Waals surface area contributed by atoms with E-state index in [1.165, 1.54) is 6.07 Å². The summed E-state index contributed by atoms with van der Waals surface area (Å²) in [5, 5.41) is 2.64. The molecule has 0 radical (unpaired) electrons. The van der Waals surface area contributed by atoms with Gasteiger partial charge in [0.25, 0.3) is 0 Å². The summed E-state index contributed by atoms with van der Waals surface area (Å²) < 4.78 is 13.6. The summed E-state index contributed by atoms with van der Waals surface area (Å²) in [6, 6.07) is 4.28. The van der Waals surface area contributed by atoms with Crippen LogP contribution in [0.25, 0.3) is 0 Å². The fourth-order valence-electron chi connectivity index (χ4n) is 1.75. The first-order valence-electron chi connectivity index (χ1n) is 5.33. The van der Waals surface area contributed by atoms with Crippen LogP contribution in [0.3, 0.4) is 0 Å². The molecule has 18 heavy (non-hydrogen) atoms. The van der Waals surface area contributed by atoms with E-state index < -0.39 is 5.82 Å². The number of carbonyl (C=O) groups is 1. The van der Waals surface area contributed by atoms with E-state index in [1.54, 1.807) is 17.0 Å². The van der Waals surface area contributed by atoms with E-state index in [2.05, 4.69) is 21.2 Å². The number of hydrogen-bond acceptors (Lipinski definition) is 2. The minimum absolute atomic E-state index is 0. The number of halogens is 3. The summed E-state index contributed by atoms with van der Waals surface area (Å²) in [5.74, 6) is -0.402. The summed E-state index contributed by atoms with van der Waals surface area (Å²) >= 11 is 3.06. The van der Waals surface area contributed by atoms with Crippen molar-refractivity contribution in [2.24, 2.45) is 5.73 Å². The van der Waals surface area contributed by atoms with Crippen LogP contribution < -0.4 is 11.1 Å². The molecule has 1 heterocycles. The standard InChI is InChI=1S/C11H13BrFN3O.ClH/c12-9-2-1-8(5-10(9)13)15-11(17)16-4-3-7(14)6-16;/h1-2,5,7H,3-4,6,14H2,(H,15,17);1H. The minimum Gasteiger partial charge on any atom is -0.326 e. The number of benzene rings is 1. The van der Waals surface area contributed by atoms with E-state index in [9.17, 15) is 9.18 Å². The van der Waals surface area contributed by atoms with Crippen molar-refractivity contribution in [2.45, 2.75) is 12.5 Å². The zero-order valence-corrected chi connectivity index (χ0v) is 11.9. The Morgan fingerprint density at radius 2 is 2.28 bits per heavy atom. The number of carbonyl (C=O) groups excluding carboxylic acids is 1. The highest BCUT2D eigenvalue weighted by atomic mass is 79.9. The van der Waals surface area contributed by atoms with Crippen LogP contribution in [0.5, 0.6) is 0 Å². The molecule has 2 rings (SSSR count). The Morgan fingerprint density at radius 1 is 1.56 bits per heavy atom. The number of nitrogens with one attached hydrogen (secondary N) is 1. The number of anilines is 1. The fraction of sp³-hybridized carbons (Fsp3) is 0.364. The molecule has 1 fully saturated rings. The first-order valence-corrected chi connectivity index (χ1v) is 6.12. The molecule has 1 aliphatic rings. The highest BCUT2D eigenvalue weighted by Crippen LogP contribution is 2.20. The summed E-state index contributed by atoms with van der Waals surface area (Å²) in [7, 11) is 0. The third-order valence-electron chi connectivity index (χ3n) is 2.68. The normalized spacial score (nSPS) is 18.4. The summed E-state index contributed by atoms with van der Waals surface area (Å²) in [6.07, 6.45) is 0.808. The molecule has 7 heteroatoms. The number of nitrogens with zero attached hydrogens (tertiary/aromatic N) is 1. The molecule has 100 valence electrons. The second-order valence-electron chi connectivity index (χ2n) is 4.05. The fourth-order valence-corrected chi connectivity index (χ4v) is 1.99. The Bertz CT molecular complexity index is 446. The molecule has 0 aliphatic carbocycles. The highest BCUT2D eigenvalue weighted by Gasteiger charge is 2.23. The van der Waals surface area contributed by atoms with Crippen LogP contribution >= 0.6 is 28.3 Å². The van der Waals surface area contributed by atoms with Gasteiger partial charge in [-0.3, -0.25) is 0 Å². The van der Waals surface area contributed by atoms with Gasteiger partial charge in [0.15, 0.2) is 0 Å². The Labute approximate surface area is 119 Å². The van der Waals surface area contributed by atoms with Gasteiger partial charge in [-0.2, -0.15) is 0 Å². The summed E-state index contributed by atoms with van der Waals surface area (Å²) in [4.78, 5) is 13.4. The molecule has 1 saturated heterocycles. The van der Waals surface area contributed by atoms with E-state index in [0.717, 1.165) is 6.42 Å². The van der Waals surface area contributed by atoms with Crippen molar-refractivity contribution in [3.63, 3.8) is 0 Å². The first kappa shape index (κ1) is 15.2. The first-order chi connectivity index (χ1) is 8.06. The Kier molecular flexibility index (Phi) is 5.37. The number of likely N-dealkylation sites (tertiary alicyclic amines) is 1. The monoisotopic (exact) mass is 337 g/mol. The van der Waals surface area contributed by atoms with E-state index in [4.69, 9.17) is 5.73 Å². The van der Waals surface area contributed by atoms with Gasteiger partial charge in [0, 0.05) is 24.8 Å². The van der Waals surface area contributed by atoms with Crippen molar-refractivity contribution in [2.75, 3.05) is 18.4 Å². The number of hydrogen-bond donors (Lipinski definition) is 2. The molecule has 1 atom stereocenters. The van der Waals surface area contributed by atoms with Gasteiger partial charge >= 0.3 is 6.03 Å².